The maximum atomic E-state index is 12.4. The molecule has 412 valence electrons. The lowest BCUT2D eigenvalue weighted by atomic mass is 10.0. The zero-order valence-electron chi connectivity index (χ0n) is 44.7. The number of anilines is 6. The third-order valence-corrected chi connectivity index (χ3v) is 16.7. The molecule has 4 aliphatic heterocycles. The molecule has 4 aliphatic rings. The van der Waals surface area contributed by atoms with Crippen molar-refractivity contribution >= 4 is 72.2 Å². The monoisotopic (exact) mass is 1100 g/mol. The van der Waals surface area contributed by atoms with Crippen molar-refractivity contribution in [2.45, 2.75) is 116 Å². The van der Waals surface area contributed by atoms with Gasteiger partial charge in [-0.25, -0.2) is 36.8 Å². The number of carbonyl (C=O) groups is 3. The highest BCUT2D eigenvalue weighted by atomic mass is 32.2. The molecule has 0 aliphatic carbocycles. The number of benzene rings is 3. The van der Waals surface area contributed by atoms with Gasteiger partial charge in [-0.3, -0.25) is 29.1 Å². The van der Waals surface area contributed by atoms with Crippen LogP contribution in [0.15, 0.2) is 83.1 Å². The van der Waals surface area contributed by atoms with E-state index in [2.05, 4.69) is 66.0 Å². The summed E-state index contributed by atoms with van der Waals surface area (Å²) in [7, 11) is -7.20. The minimum absolute atomic E-state index is 0.0479. The Morgan fingerprint density at radius 1 is 0.551 bits per heavy atom. The number of fused-ring (bicyclic) bond motifs is 3. The van der Waals surface area contributed by atoms with Gasteiger partial charge in [0.15, 0.2) is 5.78 Å². The summed E-state index contributed by atoms with van der Waals surface area (Å²) in [5.74, 6) is 1.28. The van der Waals surface area contributed by atoms with E-state index in [1.165, 1.54) is 55.1 Å². The van der Waals surface area contributed by atoms with Crippen molar-refractivity contribution in [3.05, 3.63) is 123 Å². The van der Waals surface area contributed by atoms with Crippen LogP contribution in [0.2, 0.25) is 0 Å². The summed E-state index contributed by atoms with van der Waals surface area (Å²) in [6.45, 7) is 14.6. The first-order chi connectivity index (χ1) is 37.2. The molecule has 2 amide bonds. The van der Waals surface area contributed by atoms with Gasteiger partial charge in [0.25, 0.3) is 10.3 Å². The molecule has 0 unspecified atom stereocenters. The first kappa shape index (κ1) is 56.6. The minimum atomic E-state index is -3.60. The molecule has 1 fully saturated rings. The highest BCUT2D eigenvalue weighted by molar-refractivity contribution is 7.91. The number of unbranched alkanes of at least 4 members (excludes halogenated alkanes) is 1. The summed E-state index contributed by atoms with van der Waals surface area (Å²) in [6, 6.07) is 24.4. The molecular formula is C55H67N13O8S2. The zero-order valence-corrected chi connectivity index (χ0v) is 46.4. The molecule has 23 heteroatoms. The van der Waals surface area contributed by atoms with Crippen LogP contribution >= 0.6 is 0 Å². The number of hydrogen-bond acceptors (Lipinski definition) is 19. The Bertz CT molecular complexity index is 3280. The highest BCUT2D eigenvalue weighted by Gasteiger charge is 2.36. The molecule has 6 aromatic rings. The van der Waals surface area contributed by atoms with E-state index in [1.54, 1.807) is 0 Å². The number of Topliss-reactive ketones (excluding diaryl/α,β-unsaturated/α-hetero) is 1. The van der Waals surface area contributed by atoms with Gasteiger partial charge in [0.2, 0.25) is 31.5 Å². The van der Waals surface area contributed by atoms with E-state index in [-0.39, 0.29) is 70.3 Å². The molecule has 0 saturated carbocycles. The van der Waals surface area contributed by atoms with Gasteiger partial charge in [-0.15, -0.1) is 0 Å². The lowest BCUT2D eigenvalue weighted by Gasteiger charge is -2.30. The molecule has 7 heterocycles. The van der Waals surface area contributed by atoms with Crippen LogP contribution in [0, 0.1) is 13.8 Å². The fraction of sp³-hybridized carbons (Fsp3) is 0.400. The van der Waals surface area contributed by atoms with Crippen molar-refractivity contribution in [3.63, 3.8) is 0 Å². The van der Waals surface area contributed by atoms with Gasteiger partial charge in [-0.2, -0.15) is 9.97 Å². The summed E-state index contributed by atoms with van der Waals surface area (Å²) in [4.78, 5) is 69.4. The number of nitrogens with two attached hydrogens (primary N) is 3. The van der Waals surface area contributed by atoms with Crippen LogP contribution in [0.5, 0.6) is 6.01 Å². The van der Waals surface area contributed by atoms with Crippen molar-refractivity contribution in [3.8, 4) is 6.01 Å². The Kier molecular flexibility index (Phi) is 17.7. The molecule has 1 saturated heterocycles. The summed E-state index contributed by atoms with van der Waals surface area (Å²) < 4.78 is 53.9. The topological polar surface area (TPSA) is 297 Å². The Morgan fingerprint density at radius 2 is 1.03 bits per heavy atom. The number of ether oxygens (including phenoxy) is 1. The quantitative estimate of drug-likeness (QED) is 0.0800. The van der Waals surface area contributed by atoms with E-state index in [4.69, 9.17) is 21.9 Å². The fourth-order valence-corrected chi connectivity index (χ4v) is 10.7. The van der Waals surface area contributed by atoms with Crippen molar-refractivity contribution in [1.29, 1.82) is 0 Å². The number of sulfone groups is 2. The third-order valence-electron chi connectivity index (χ3n) is 13.7. The van der Waals surface area contributed by atoms with Gasteiger partial charge in [-0.1, -0.05) is 111 Å². The average molecular weight is 1100 g/mol. The smallest absolute Gasteiger partial charge is 0.320 e. The van der Waals surface area contributed by atoms with Gasteiger partial charge in [0.1, 0.15) is 34.9 Å². The largest absolute Gasteiger partial charge is 0.463 e. The van der Waals surface area contributed by atoms with Crippen LogP contribution in [0.4, 0.5) is 34.9 Å². The summed E-state index contributed by atoms with van der Waals surface area (Å²) in [5, 5.41) is -0.658. The number of amides is 2. The van der Waals surface area contributed by atoms with Gasteiger partial charge in [-0.05, 0) is 68.5 Å². The van der Waals surface area contributed by atoms with Crippen molar-refractivity contribution in [2.75, 3.05) is 69.6 Å². The van der Waals surface area contributed by atoms with E-state index >= 15 is 0 Å². The molecule has 0 radical (unpaired) electrons. The molecule has 3 aromatic heterocycles. The second kappa shape index (κ2) is 24.4. The zero-order chi connectivity index (χ0) is 55.9. The predicted molar refractivity (Wildman–Crippen MR) is 298 cm³/mol. The van der Waals surface area contributed by atoms with E-state index < -0.39 is 19.7 Å². The van der Waals surface area contributed by atoms with Crippen molar-refractivity contribution in [2.24, 2.45) is 0 Å². The molecule has 78 heavy (non-hydrogen) atoms. The van der Waals surface area contributed by atoms with Crippen LogP contribution in [-0.4, -0.2) is 107 Å². The van der Waals surface area contributed by atoms with Crippen molar-refractivity contribution < 1.29 is 36.0 Å². The Morgan fingerprint density at radius 3 is 1.51 bits per heavy atom. The predicted octanol–water partition coefficient (Wildman–Crippen LogP) is 5.47. The van der Waals surface area contributed by atoms with Crippen LogP contribution in [0.3, 0.4) is 0 Å². The van der Waals surface area contributed by atoms with Crippen LogP contribution in [0.25, 0.3) is 0 Å². The molecule has 10 rings (SSSR count). The van der Waals surface area contributed by atoms with Crippen LogP contribution in [-0.2, 0) is 79.5 Å². The third kappa shape index (κ3) is 13.4. The molecular weight excluding hydrogens is 1030 g/mol. The molecule has 0 spiro atoms. The first-order valence-corrected chi connectivity index (χ1v) is 29.4. The Hall–Kier alpha value is -7.63. The second-order valence-electron chi connectivity index (χ2n) is 19.7. The maximum Gasteiger partial charge on any atom is 0.320 e. The molecule has 21 nitrogen and oxygen atoms in total. The average Bonchev–Trinajstić information content (AvgIpc) is 4.15. The number of nitrogen functional groups attached to an aromatic ring is 3. The van der Waals surface area contributed by atoms with Gasteiger partial charge in [0.05, 0.1) is 50.6 Å². The molecule has 0 atom stereocenters. The summed E-state index contributed by atoms with van der Waals surface area (Å²) in [6.07, 6.45) is 4.99. The maximum absolute atomic E-state index is 12.4. The van der Waals surface area contributed by atoms with E-state index in [1.807, 2.05) is 67.3 Å². The van der Waals surface area contributed by atoms with E-state index in [0.29, 0.717) is 72.9 Å². The number of carbonyl (C=O) groups excluding carboxylic acids is 3. The number of aromatic nitrogens is 6. The van der Waals surface area contributed by atoms with Gasteiger partial charge >= 0.3 is 6.01 Å². The highest BCUT2D eigenvalue weighted by Crippen LogP contribution is 2.35. The normalized spacial score (nSPS) is 15.1. The van der Waals surface area contributed by atoms with Crippen LogP contribution < -0.4 is 36.6 Å². The number of likely N-dealkylation sites (tertiary alicyclic amines) is 1. The SMILES string of the molecule is CCCCOc1nc(N)c2c(n1)N(Cc1cccc(CN3CCCC3)c1)CC(=O)C2.CCS(=O)(=O)c1nc(N)c2c(n1)N(Cc1ccc(C)cc1)C(=O)C2.CCS(=O)(=O)c1nc(N)c2c(n1)N(Cc1ccc(C)cc1)C(=O)C2. The van der Waals surface area contributed by atoms with E-state index in [9.17, 15) is 31.2 Å². The lowest BCUT2D eigenvalue weighted by molar-refractivity contribution is -0.118. The number of nitrogens with zero attached hydrogens (tertiary/aromatic N) is 10. The van der Waals surface area contributed by atoms with E-state index in [0.717, 1.165) is 53.0 Å². The lowest BCUT2D eigenvalue weighted by Crippen LogP contribution is -2.36. The second-order valence-corrected chi connectivity index (χ2v) is 24.1. The number of aryl methyl sites for hydroxylation is 2. The first-order valence-electron chi connectivity index (χ1n) is 26.1. The van der Waals surface area contributed by atoms with Gasteiger partial charge < -0.3 is 26.8 Å². The van der Waals surface area contributed by atoms with Crippen LogP contribution in [0.1, 0.15) is 96.5 Å². The number of ketones is 1. The standard InChI is InChI=1S/C23H31N5O2.2C16H18N4O3S/c1-2-3-11-30-23-25-21(24)20-13-19(29)16-28(22(20)26-23)15-18-8-6-7-17(12-18)14-27-9-4-5-10-27;2*1-3-24(22,23)16-18-14(17)12-8-13(21)20(15(12)19-16)9-11-6-4-10(2)5-7-11/h6-8,12H,2-5,9-11,13-16H2,1H3,(H2,24,25,26);2*4-7H,3,8-9H2,1-2H3,(H2,17,18,19). The summed E-state index contributed by atoms with van der Waals surface area (Å²) >= 11 is 0. The fourth-order valence-electron chi connectivity index (χ4n) is 9.26. The number of hydrogen-bond donors (Lipinski definition) is 3. The molecule has 3 aromatic carbocycles. The Labute approximate surface area is 455 Å². The van der Waals surface area contributed by atoms with Gasteiger partial charge in [0, 0.05) is 36.2 Å². The molecule has 0 bridgehead atoms. The summed E-state index contributed by atoms with van der Waals surface area (Å²) in [5.41, 5.74) is 26.2. The minimum Gasteiger partial charge on any atom is -0.463 e. The van der Waals surface area contributed by atoms with Crippen molar-refractivity contribution in [1.82, 2.24) is 34.8 Å². The molecule has 6 N–H and O–H groups in total. The Balaban J connectivity index is 0.000000156. The number of rotatable bonds is 16.